The fourth-order valence-corrected chi connectivity index (χ4v) is 1.51. The van der Waals surface area contributed by atoms with E-state index >= 15 is 0 Å². The van der Waals surface area contributed by atoms with E-state index in [2.05, 4.69) is 17.2 Å². The van der Waals surface area contributed by atoms with Gasteiger partial charge in [0.15, 0.2) is 5.11 Å². The minimum absolute atomic E-state index is 0.738. The fraction of sp³-hybridized carbons (Fsp3) is 0.636. The van der Waals surface area contributed by atoms with Crippen molar-refractivity contribution in [2.75, 3.05) is 13.6 Å². The molecule has 1 heterocycles. The predicted molar refractivity (Wildman–Crippen MR) is 70.2 cm³/mol. The number of unbranched alkanes of at least 4 members (excludes halogenated alkanes) is 1. The van der Waals surface area contributed by atoms with E-state index < -0.39 is 0 Å². The number of imidazole rings is 1. The smallest absolute Gasteiger partial charge is 0.169 e. The summed E-state index contributed by atoms with van der Waals surface area (Å²) in [7, 11) is 3.97. The van der Waals surface area contributed by atoms with Gasteiger partial charge in [-0.25, -0.2) is 4.98 Å². The Bertz CT molecular complexity index is 334. The normalized spacial score (nSPS) is 10.2. The van der Waals surface area contributed by atoms with Crippen molar-refractivity contribution in [2.24, 2.45) is 7.05 Å². The molecule has 0 unspecified atom stereocenters. The number of nitrogens with zero attached hydrogens (tertiary/aromatic N) is 3. The van der Waals surface area contributed by atoms with Crippen LogP contribution in [0.4, 0.5) is 0 Å². The molecule has 0 fully saturated rings. The van der Waals surface area contributed by atoms with Gasteiger partial charge in [-0.2, -0.15) is 0 Å². The third kappa shape index (κ3) is 3.81. The van der Waals surface area contributed by atoms with Crippen molar-refractivity contribution < 1.29 is 0 Å². The molecule has 0 atom stereocenters. The minimum atomic E-state index is 0.738. The molecule has 5 heteroatoms. The molecule has 0 aromatic carbocycles. The van der Waals surface area contributed by atoms with Crippen LogP contribution in [0, 0.1) is 0 Å². The Morgan fingerprint density at radius 3 is 2.94 bits per heavy atom. The van der Waals surface area contributed by atoms with Gasteiger partial charge in [0.2, 0.25) is 0 Å². The zero-order valence-electron chi connectivity index (χ0n) is 10.2. The van der Waals surface area contributed by atoms with Gasteiger partial charge in [-0.1, -0.05) is 13.3 Å². The van der Waals surface area contributed by atoms with Crippen LogP contribution in [0.3, 0.4) is 0 Å². The maximum Gasteiger partial charge on any atom is 0.169 e. The molecule has 1 aromatic heterocycles. The van der Waals surface area contributed by atoms with Crippen LogP contribution in [0.25, 0.3) is 0 Å². The minimum Gasteiger partial charge on any atom is -0.363 e. The van der Waals surface area contributed by atoms with Crippen LogP contribution in [0.1, 0.15) is 25.6 Å². The fourth-order valence-electron chi connectivity index (χ4n) is 1.34. The Hall–Kier alpha value is -1.10. The van der Waals surface area contributed by atoms with Crippen LogP contribution >= 0.6 is 12.2 Å². The Morgan fingerprint density at radius 2 is 2.38 bits per heavy atom. The summed E-state index contributed by atoms with van der Waals surface area (Å²) in [6.45, 7) is 3.85. The Kier molecular flexibility index (Phi) is 5.25. The number of thiocarbonyl (C=S) groups is 1. The maximum atomic E-state index is 5.28. The van der Waals surface area contributed by atoms with Crippen LogP contribution in [-0.2, 0) is 13.6 Å². The van der Waals surface area contributed by atoms with Crippen LogP contribution in [0.2, 0.25) is 0 Å². The molecule has 4 nitrogen and oxygen atoms in total. The number of nitrogens with one attached hydrogen (secondary N) is 1. The van der Waals surface area contributed by atoms with Crippen LogP contribution in [0.5, 0.6) is 0 Å². The molecule has 0 aliphatic heterocycles. The van der Waals surface area contributed by atoms with E-state index in [9.17, 15) is 0 Å². The molecule has 0 amide bonds. The molecule has 16 heavy (non-hydrogen) atoms. The third-order valence-electron chi connectivity index (χ3n) is 2.45. The molecule has 0 saturated carbocycles. The van der Waals surface area contributed by atoms with Gasteiger partial charge >= 0.3 is 0 Å². The van der Waals surface area contributed by atoms with E-state index in [1.165, 1.54) is 6.42 Å². The zero-order valence-corrected chi connectivity index (χ0v) is 11.0. The predicted octanol–water partition coefficient (Wildman–Crippen LogP) is 1.53. The van der Waals surface area contributed by atoms with Gasteiger partial charge in [-0.05, 0) is 18.6 Å². The summed E-state index contributed by atoms with van der Waals surface area (Å²) in [6.07, 6.45) is 6.07. The second-order valence-corrected chi connectivity index (χ2v) is 4.28. The van der Waals surface area contributed by atoms with Gasteiger partial charge in [0, 0.05) is 33.0 Å². The van der Waals surface area contributed by atoms with Gasteiger partial charge in [-0.15, -0.1) is 0 Å². The van der Waals surface area contributed by atoms with Gasteiger partial charge in [0.1, 0.15) is 5.82 Å². The van der Waals surface area contributed by atoms with E-state index in [1.54, 1.807) is 6.20 Å². The quantitative estimate of drug-likeness (QED) is 0.625. The largest absolute Gasteiger partial charge is 0.363 e. The van der Waals surface area contributed by atoms with Gasteiger partial charge in [-0.3, -0.25) is 0 Å². The molecule has 0 saturated heterocycles. The molecule has 0 aliphatic rings. The van der Waals surface area contributed by atoms with Crippen molar-refractivity contribution in [1.82, 2.24) is 19.8 Å². The molecule has 1 rings (SSSR count). The van der Waals surface area contributed by atoms with E-state index in [0.29, 0.717) is 0 Å². The lowest BCUT2D eigenvalue weighted by Crippen LogP contribution is -2.37. The van der Waals surface area contributed by atoms with Crippen molar-refractivity contribution in [3.8, 4) is 0 Å². The summed E-state index contributed by atoms with van der Waals surface area (Å²) in [5.41, 5.74) is 0. The van der Waals surface area contributed by atoms with Crippen LogP contribution < -0.4 is 5.32 Å². The standard InChI is InChI=1S/C11H20N4S/c1-4-5-6-13-11(16)15(3)9-10-12-7-8-14(10)2/h7-8H,4-6,9H2,1-3H3,(H,13,16). The number of hydrogen-bond donors (Lipinski definition) is 1. The van der Waals surface area contributed by atoms with Crippen molar-refractivity contribution in [1.29, 1.82) is 0 Å². The van der Waals surface area contributed by atoms with Gasteiger partial charge in [0.25, 0.3) is 0 Å². The van der Waals surface area contributed by atoms with Crippen molar-refractivity contribution in [3.63, 3.8) is 0 Å². The van der Waals surface area contributed by atoms with Crippen molar-refractivity contribution >= 4 is 17.3 Å². The highest BCUT2D eigenvalue weighted by Crippen LogP contribution is 1.99. The average molecular weight is 240 g/mol. The molecule has 0 aliphatic carbocycles. The van der Waals surface area contributed by atoms with E-state index in [-0.39, 0.29) is 0 Å². The molecule has 0 radical (unpaired) electrons. The molecular weight excluding hydrogens is 220 g/mol. The lowest BCUT2D eigenvalue weighted by Gasteiger charge is -2.20. The summed E-state index contributed by atoms with van der Waals surface area (Å²) < 4.78 is 2.01. The molecule has 1 aromatic rings. The first-order chi connectivity index (χ1) is 7.65. The highest BCUT2D eigenvalue weighted by molar-refractivity contribution is 7.80. The number of hydrogen-bond acceptors (Lipinski definition) is 2. The van der Waals surface area contributed by atoms with E-state index in [0.717, 1.165) is 30.4 Å². The summed E-state index contributed by atoms with van der Waals surface area (Å²) in [4.78, 5) is 6.28. The average Bonchev–Trinajstić information content (AvgIpc) is 2.64. The Balaban J connectivity index is 2.37. The Labute approximate surface area is 103 Å². The second-order valence-electron chi connectivity index (χ2n) is 3.90. The zero-order chi connectivity index (χ0) is 12.0. The maximum absolute atomic E-state index is 5.28. The van der Waals surface area contributed by atoms with Gasteiger partial charge in [0.05, 0.1) is 6.54 Å². The van der Waals surface area contributed by atoms with Crippen molar-refractivity contribution in [3.05, 3.63) is 18.2 Å². The lowest BCUT2D eigenvalue weighted by atomic mass is 10.3. The first-order valence-corrected chi connectivity index (χ1v) is 6.01. The SMILES string of the molecule is CCCCNC(=S)N(C)Cc1nccn1C. The summed E-state index contributed by atoms with van der Waals surface area (Å²) >= 11 is 5.28. The topological polar surface area (TPSA) is 33.1 Å². The first kappa shape index (κ1) is 13.0. The Morgan fingerprint density at radius 1 is 1.62 bits per heavy atom. The van der Waals surface area contributed by atoms with E-state index in [1.807, 2.05) is 29.8 Å². The van der Waals surface area contributed by atoms with Crippen molar-refractivity contribution in [2.45, 2.75) is 26.3 Å². The summed E-state index contributed by atoms with van der Waals surface area (Å²) in [6, 6.07) is 0. The van der Waals surface area contributed by atoms with Gasteiger partial charge < -0.3 is 14.8 Å². The molecule has 0 bridgehead atoms. The lowest BCUT2D eigenvalue weighted by molar-refractivity contribution is 0.463. The highest BCUT2D eigenvalue weighted by atomic mass is 32.1. The highest BCUT2D eigenvalue weighted by Gasteiger charge is 2.07. The number of rotatable bonds is 5. The summed E-state index contributed by atoms with van der Waals surface area (Å²) in [5, 5.41) is 4.02. The van der Waals surface area contributed by atoms with Crippen LogP contribution in [0.15, 0.2) is 12.4 Å². The molecule has 1 N–H and O–H groups in total. The summed E-state index contributed by atoms with van der Waals surface area (Å²) in [5.74, 6) is 1.02. The monoisotopic (exact) mass is 240 g/mol. The van der Waals surface area contributed by atoms with E-state index in [4.69, 9.17) is 12.2 Å². The van der Waals surface area contributed by atoms with Crippen LogP contribution in [-0.4, -0.2) is 33.2 Å². The third-order valence-corrected chi connectivity index (χ3v) is 2.91. The second kappa shape index (κ2) is 6.48. The number of aryl methyl sites for hydroxylation is 1. The number of aromatic nitrogens is 2. The first-order valence-electron chi connectivity index (χ1n) is 5.60. The molecule has 0 spiro atoms. The molecular formula is C11H20N4S. The molecule has 90 valence electrons.